The first-order valence-corrected chi connectivity index (χ1v) is 6.18. The third-order valence-electron chi connectivity index (χ3n) is 3.39. The van der Waals surface area contributed by atoms with Gasteiger partial charge in [-0.2, -0.15) is 0 Å². The molecule has 0 bridgehead atoms. The number of aryl methyl sites for hydroxylation is 1. The minimum atomic E-state index is -0.679. The molecule has 0 aliphatic rings. The summed E-state index contributed by atoms with van der Waals surface area (Å²) < 4.78 is 0. The molecule has 3 rings (SSSR count). The van der Waals surface area contributed by atoms with E-state index in [0.29, 0.717) is 0 Å². The normalized spacial score (nSPS) is 12.5. The van der Waals surface area contributed by atoms with Crippen LogP contribution in [0.3, 0.4) is 0 Å². The highest BCUT2D eigenvalue weighted by Crippen LogP contribution is 2.29. The summed E-state index contributed by atoms with van der Waals surface area (Å²) in [5, 5.41) is 12.7. The van der Waals surface area contributed by atoms with Gasteiger partial charge in [0.1, 0.15) is 6.10 Å². The van der Waals surface area contributed by atoms with Crippen molar-refractivity contribution in [3.05, 3.63) is 71.8 Å². The number of benzene rings is 1. The molecule has 0 amide bonds. The Kier molecular flexibility index (Phi) is 2.97. The quantitative estimate of drug-likeness (QED) is 0.760. The third-order valence-corrected chi connectivity index (χ3v) is 3.39. The Hall–Kier alpha value is -2.26. The van der Waals surface area contributed by atoms with E-state index in [4.69, 9.17) is 0 Å². The summed E-state index contributed by atoms with van der Waals surface area (Å²) >= 11 is 0. The Morgan fingerprint density at radius 1 is 0.947 bits per heavy atom. The van der Waals surface area contributed by atoms with Gasteiger partial charge in [0.15, 0.2) is 0 Å². The van der Waals surface area contributed by atoms with Crippen LogP contribution in [0.1, 0.15) is 22.8 Å². The molecule has 1 N–H and O–H groups in total. The average molecular weight is 250 g/mol. The lowest BCUT2D eigenvalue weighted by Gasteiger charge is -2.15. The third kappa shape index (κ3) is 2.09. The summed E-state index contributed by atoms with van der Waals surface area (Å²) in [7, 11) is 0. The van der Waals surface area contributed by atoms with Crippen molar-refractivity contribution in [2.45, 2.75) is 13.0 Å². The maximum Gasteiger partial charge on any atom is 0.106 e. The molecule has 2 heterocycles. The van der Waals surface area contributed by atoms with Crippen LogP contribution < -0.4 is 0 Å². The van der Waals surface area contributed by atoms with Crippen LogP contribution in [0.25, 0.3) is 10.8 Å². The van der Waals surface area contributed by atoms with Crippen LogP contribution in [0, 0.1) is 6.92 Å². The summed E-state index contributed by atoms with van der Waals surface area (Å²) in [5.41, 5.74) is 2.73. The first-order valence-electron chi connectivity index (χ1n) is 6.18. The molecule has 3 heteroatoms. The topological polar surface area (TPSA) is 46.0 Å². The van der Waals surface area contributed by atoms with E-state index in [0.717, 1.165) is 27.5 Å². The van der Waals surface area contributed by atoms with Gasteiger partial charge in [-0.05, 0) is 35.6 Å². The Morgan fingerprint density at radius 2 is 1.74 bits per heavy atom. The molecule has 0 fully saturated rings. The molecule has 0 radical (unpaired) electrons. The van der Waals surface area contributed by atoms with Crippen molar-refractivity contribution in [2.75, 3.05) is 0 Å². The maximum absolute atomic E-state index is 10.6. The molecule has 2 aromatic heterocycles. The highest BCUT2D eigenvalue weighted by Gasteiger charge is 2.15. The van der Waals surface area contributed by atoms with Gasteiger partial charge in [0, 0.05) is 35.7 Å². The number of pyridine rings is 2. The molecule has 0 aliphatic heterocycles. The zero-order valence-corrected chi connectivity index (χ0v) is 10.6. The molecule has 1 aromatic carbocycles. The summed E-state index contributed by atoms with van der Waals surface area (Å²) in [6.07, 6.45) is 6.32. The van der Waals surface area contributed by atoms with Crippen LogP contribution in [-0.2, 0) is 0 Å². The van der Waals surface area contributed by atoms with Gasteiger partial charge in [-0.25, -0.2) is 0 Å². The van der Waals surface area contributed by atoms with Gasteiger partial charge in [-0.3, -0.25) is 9.97 Å². The second-order valence-corrected chi connectivity index (χ2v) is 4.58. The molecule has 0 saturated heterocycles. The fourth-order valence-corrected chi connectivity index (χ4v) is 2.31. The van der Waals surface area contributed by atoms with Gasteiger partial charge in [-0.15, -0.1) is 0 Å². The van der Waals surface area contributed by atoms with E-state index in [1.165, 1.54) is 0 Å². The van der Waals surface area contributed by atoms with E-state index < -0.39 is 6.10 Å². The summed E-state index contributed by atoms with van der Waals surface area (Å²) in [5.74, 6) is 0. The van der Waals surface area contributed by atoms with Gasteiger partial charge in [0.25, 0.3) is 0 Å². The van der Waals surface area contributed by atoms with E-state index in [2.05, 4.69) is 9.97 Å². The van der Waals surface area contributed by atoms with Crippen molar-refractivity contribution in [1.29, 1.82) is 0 Å². The number of hydrogen-bond acceptors (Lipinski definition) is 3. The molecule has 0 spiro atoms. The number of nitrogens with zero attached hydrogens (tertiary/aromatic N) is 2. The van der Waals surface area contributed by atoms with Crippen LogP contribution >= 0.6 is 0 Å². The number of aromatic nitrogens is 2. The van der Waals surface area contributed by atoms with Gasteiger partial charge in [-0.1, -0.05) is 18.2 Å². The summed E-state index contributed by atoms with van der Waals surface area (Å²) in [4.78, 5) is 8.24. The molecule has 0 saturated carbocycles. The smallest absolute Gasteiger partial charge is 0.106 e. The number of aliphatic hydroxyl groups excluding tert-OH is 1. The molecule has 1 atom stereocenters. The Morgan fingerprint density at radius 3 is 2.58 bits per heavy atom. The number of hydrogen-bond donors (Lipinski definition) is 1. The van der Waals surface area contributed by atoms with E-state index in [1.807, 2.05) is 37.3 Å². The molecule has 94 valence electrons. The second-order valence-electron chi connectivity index (χ2n) is 4.58. The maximum atomic E-state index is 10.6. The largest absolute Gasteiger partial charge is 0.384 e. The predicted molar refractivity (Wildman–Crippen MR) is 74.8 cm³/mol. The van der Waals surface area contributed by atoms with Crippen molar-refractivity contribution in [3.63, 3.8) is 0 Å². The lowest BCUT2D eigenvalue weighted by Crippen LogP contribution is -2.03. The first-order chi connectivity index (χ1) is 9.27. The molecular weight excluding hydrogens is 236 g/mol. The van der Waals surface area contributed by atoms with Gasteiger partial charge >= 0.3 is 0 Å². The minimum absolute atomic E-state index is 0.679. The lowest BCUT2D eigenvalue weighted by molar-refractivity contribution is 0.220. The Bertz CT molecular complexity index is 719. The monoisotopic (exact) mass is 250 g/mol. The molecular formula is C16H14N2O. The summed E-state index contributed by atoms with van der Waals surface area (Å²) in [6.45, 7) is 1.98. The number of rotatable bonds is 2. The average Bonchev–Trinajstić information content (AvgIpc) is 2.46. The van der Waals surface area contributed by atoms with Crippen molar-refractivity contribution >= 4 is 10.8 Å². The van der Waals surface area contributed by atoms with Crippen LogP contribution in [-0.4, -0.2) is 15.1 Å². The number of aliphatic hydroxyl groups is 1. The van der Waals surface area contributed by atoms with Crippen molar-refractivity contribution in [1.82, 2.24) is 9.97 Å². The fraction of sp³-hybridized carbons (Fsp3) is 0.125. The first kappa shape index (κ1) is 11.8. The van der Waals surface area contributed by atoms with Crippen LogP contribution in [0.2, 0.25) is 0 Å². The van der Waals surface area contributed by atoms with E-state index in [9.17, 15) is 5.11 Å². The Labute approximate surface area is 111 Å². The van der Waals surface area contributed by atoms with Crippen LogP contribution in [0.4, 0.5) is 0 Å². The van der Waals surface area contributed by atoms with Gasteiger partial charge in [0.05, 0.1) is 0 Å². The standard InChI is InChI=1S/C16H14N2O/c1-11-5-7-17-9-14(11)16(19)13-4-2-3-12-6-8-18-10-15(12)13/h2-10,16,19H,1H3. The zero-order chi connectivity index (χ0) is 13.2. The molecule has 3 nitrogen and oxygen atoms in total. The van der Waals surface area contributed by atoms with E-state index in [-0.39, 0.29) is 0 Å². The number of fused-ring (bicyclic) bond motifs is 1. The molecule has 1 unspecified atom stereocenters. The zero-order valence-electron chi connectivity index (χ0n) is 10.6. The van der Waals surface area contributed by atoms with Crippen molar-refractivity contribution in [2.24, 2.45) is 0 Å². The van der Waals surface area contributed by atoms with Gasteiger partial charge < -0.3 is 5.11 Å². The lowest BCUT2D eigenvalue weighted by atomic mass is 9.96. The van der Waals surface area contributed by atoms with Crippen LogP contribution in [0.15, 0.2) is 55.1 Å². The van der Waals surface area contributed by atoms with E-state index in [1.54, 1.807) is 24.8 Å². The molecule has 0 aliphatic carbocycles. The van der Waals surface area contributed by atoms with E-state index >= 15 is 0 Å². The second kappa shape index (κ2) is 4.78. The van der Waals surface area contributed by atoms with Crippen LogP contribution in [0.5, 0.6) is 0 Å². The fourth-order valence-electron chi connectivity index (χ4n) is 2.31. The predicted octanol–water partition coefficient (Wildman–Crippen LogP) is 3.02. The van der Waals surface area contributed by atoms with Gasteiger partial charge in [0.2, 0.25) is 0 Å². The summed E-state index contributed by atoms with van der Waals surface area (Å²) in [6, 6.07) is 9.75. The van der Waals surface area contributed by atoms with Crippen molar-refractivity contribution < 1.29 is 5.11 Å². The Balaban J connectivity index is 2.17. The van der Waals surface area contributed by atoms with Crippen molar-refractivity contribution in [3.8, 4) is 0 Å². The highest BCUT2D eigenvalue weighted by molar-refractivity contribution is 5.85. The highest BCUT2D eigenvalue weighted by atomic mass is 16.3. The SMILES string of the molecule is Cc1ccncc1C(O)c1cccc2ccncc12. The molecule has 3 aromatic rings. The minimum Gasteiger partial charge on any atom is -0.384 e. The molecule has 19 heavy (non-hydrogen) atoms.